The van der Waals surface area contributed by atoms with Crippen LogP contribution in [0.5, 0.6) is 0 Å². The summed E-state index contributed by atoms with van der Waals surface area (Å²) in [4.78, 5) is 18.9. The van der Waals surface area contributed by atoms with Gasteiger partial charge in [-0.2, -0.15) is 0 Å². The van der Waals surface area contributed by atoms with E-state index in [2.05, 4.69) is 36.3 Å². The number of aromatic nitrogens is 1. The Balaban J connectivity index is 1.89. The van der Waals surface area contributed by atoms with Gasteiger partial charge in [-0.3, -0.25) is 4.79 Å². The van der Waals surface area contributed by atoms with Crippen molar-refractivity contribution in [3.05, 3.63) is 39.9 Å². The fraction of sp³-hybridized carbons (Fsp3) is 0.375. The third kappa shape index (κ3) is 2.53. The number of hydrogen-bond acceptors (Lipinski definition) is 4. The zero-order valence-electron chi connectivity index (χ0n) is 12.6. The average Bonchev–Trinajstić information content (AvgIpc) is 3.06. The molecule has 3 rings (SSSR count). The molecular formula is C16H19N3OS. The number of thiazole rings is 1. The minimum absolute atomic E-state index is 0.00240. The average molecular weight is 301 g/mol. The Morgan fingerprint density at radius 2 is 2.14 bits per heavy atom. The van der Waals surface area contributed by atoms with Crippen molar-refractivity contribution in [1.82, 2.24) is 4.98 Å². The molecular weight excluding hydrogens is 282 g/mol. The van der Waals surface area contributed by atoms with E-state index in [0.29, 0.717) is 5.69 Å². The quantitative estimate of drug-likeness (QED) is 0.945. The van der Waals surface area contributed by atoms with Crippen molar-refractivity contribution < 1.29 is 4.79 Å². The Morgan fingerprint density at radius 1 is 1.38 bits per heavy atom. The third-order valence-electron chi connectivity index (χ3n) is 3.89. The van der Waals surface area contributed by atoms with Gasteiger partial charge in [0, 0.05) is 24.2 Å². The highest BCUT2D eigenvalue weighted by atomic mass is 32.1. The first-order valence-corrected chi connectivity index (χ1v) is 8.09. The molecule has 110 valence electrons. The summed E-state index contributed by atoms with van der Waals surface area (Å²) in [5.74, 6) is -0.00240. The van der Waals surface area contributed by atoms with Crippen LogP contribution in [0.25, 0.3) is 0 Å². The van der Waals surface area contributed by atoms with E-state index in [1.807, 2.05) is 17.2 Å². The van der Waals surface area contributed by atoms with Gasteiger partial charge in [0.05, 0.1) is 0 Å². The molecule has 0 unspecified atom stereocenters. The summed E-state index contributed by atoms with van der Waals surface area (Å²) in [5, 5.41) is 5.78. The smallest absolute Gasteiger partial charge is 0.277 e. The predicted octanol–water partition coefficient (Wildman–Crippen LogP) is 3.39. The van der Waals surface area contributed by atoms with Crippen LogP contribution in [0, 0.1) is 13.8 Å². The van der Waals surface area contributed by atoms with Gasteiger partial charge in [-0.05, 0) is 49.9 Å². The molecule has 1 aliphatic rings. The first-order chi connectivity index (χ1) is 10.1. The highest BCUT2D eigenvalue weighted by molar-refractivity contribution is 7.13. The normalized spacial score (nSPS) is 13.4. The second kappa shape index (κ2) is 5.48. The molecule has 0 saturated heterocycles. The van der Waals surface area contributed by atoms with Crippen LogP contribution in [0.1, 0.15) is 34.1 Å². The van der Waals surface area contributed by atoms with Crippen molar-refractivity contribution in [1.29, 1.82) is 0 Å². The van der Waals surface area contributed by atoms with Crippen molar-refractivity contribution in [3.8, 4) is 0 Å². The number of aryl methyl sites for hydroxylation is 2. The molecule has 21 heavy (non-hydrogen) atoms. The first kappa shape index (κ1) is 14.1. The second-order valence-electron chi connectivity index (χ2n) is 5.34. The van der Waals surface area contributed by atoms with E-state index < -0.39 is 0 Å². The van der Waals surface area contributed by atoms with Crippen LogP contribution in [0.15, 0.2) is 17.5 Å². The molecule has 0 saturated carbocycles. The molecule has 0 fully saturated rings. The third-order valence-corrected chi connectivity index (χ3v) is 4.69. The Morgan fingerprint density at radius 3 is 2.90 bits per heavy atom. The number of nitrogens with zero attached hydrogens (tertiary/aromatic N) is 2. The predicted molar refractivity (Wildman–Crippen MR) is 87.6 cm³/mol. The number of hydrogen-bond donors (Lipinski definition) is 1. The first-order valence-electron chi connectivity index (χ1n) is 7.21. The maximum atomic E-state index is 12.7. The van der Waals surface area contributed by atoms with Crippen molar-refractivity contribution >= 4 is 28.1 Å². The van der Waals surface area contributed by atoms with Gasteiger partial charge in [0.1, 0.15) is 5.69 Å². The van der Waals surface area contributed by atoms with Crippen molar-refractivity contribution in [2.24, 2.45) is 0 Å². The van der Waals surface area contributed by atoms with Crippen LogP contribution in [0.4, 0.5) is 10.8 Å². The lowest BCUT2D eigenvalue weighted by molar-refractivity contribution is 0.0985. The Bertz CT molecular complexity index is 693. The highest BCUT2D eigenvalue weighted by Crippen LogP contribution is 2.32. The molecule has 1 aliphatic heterocycles. The molecule has 1 amide bonds. The minimum Gasteiger partial charge on any atom is -0.362 e. The van der Waals surface area contributed by atoms with E-state index in [1.54, 1.807) is 0 Å². The van der Waals surface area contributed by atoms with Crippen molar-refractivity contribution in [3.63, 3.8) is 0 Å². The van der Waals surface area contributed by atoms with Gasteiger partial charge in [-0.1, -0.05) is 6.07 Å². The van der Waals surface area contributed by atoms with Crippen LogP contribution in [0.3, 0.4) is 0 Å². The summed E-state index contributed by atoms with van der Waals surface area (Å²) >= 11 is 1.48. The Kier molecular flexibility index (Phi) is 3.68. The van der Waals surface area contributed by atoms with E-state index in [4.69, 9.17) is 0 Å². The number of benzene rings is 1. The molecule has 0 atom stereocenters. The SMILES string of the molecule is CCNc1nc(C(=O)N2CCc3cc(C)c(C)cc32)cs1. The lowest BCUT2D eigenvalue weighted by Crippen LogP contribution is -2.29. The molecule has 2 heterocycles. The van der Waals surface area contributed by atoms with Gasteiger partial charge in [0.15, 0.2) is 5.13 Å². The van der Waals surface area contributed by atoms with Gasteiger partial charge in [0.2, 0.25) is 0 Å². The number of nitrogens with one attached hydrogen (secondary N) is 1. The van der Waals surface area contributed by atoms with Crippen LogP contribution in [0.2, 0.25) is 0 Å². The fourth-order valence-electron chi connectivity index (χ4n) is 2.62. The molecule has 2 aromatic rings. The molecule has 1 aromatic carbocycles. The summed E-state index contributed by atoms with van der Waals surface area (Å²) in [5.41, 5.74) is 5.34. The van der Waals surface area contributed by atoms with E-state index in [1.165, 1.54) is 28.0 Å². The molecule has 0 radical (unpaired) electrons. The Labute approximate surface area is 128 Å². The number of anilines is 2. The van der Waals surface area contributed by atoms with Gasteiger partial charge >= 0.3 is 0 Å². The topological polar surface area (TPSA) is 45.2 Å². The van der Waals surface area contributed by atoms with Gasteiger partial charge < -0.3 is 10.2 Å². The maximum Gasteiger partial charge on any atom is 0.277 e. The molecule has 1 aromatic heterocycles. The lowest BCUT2D eigenvalue weighted by atomic mass is 10.0. The number of amides is 1. The summed E-state index contributed by atoms with van der Waals surface area (Å²) in [6.45, 7) is 7.77. The number of carbonyl (C=O) groups is 1. The largest absolute Gasteiger partial charge is 0.362 e. The second-order valence-corrected chi connectivity index (χ2v) is 6.20. The van der Waals surface area contributed by atoms with Crippen molar-refractivity contribution in [2.45, 2.75) is 27.2 Å². The zero-order valence-corrected chi connectivity index (χ0v) is 13.4. The van der Waals surface area contributed by atoms with E-state index in [0.717, 1.165) is 30.3 Å². The molecule has 0 aliphatic carbocycles. The summed E-state index contributed by atoms with van der Waals surface area (Å²) < 4.78 is 0. The van der Waals surface area contributed by atoms with Gasteiger partial charge in [-0.25, -0.2) is 4.98 Å². The number of rotatable bonds is 3. The van der Waals surface area contributed by atoms with E-state index >= 15 is 0 Å². The summed E-state index contributed by atoms with van der Waals surface area (Å²) in [6.07, 6.45) is 0.923. The maximum absolute atomic E-state index is 12.7. The summed E-state index contributed by atoms with van der Waals surface area (Å²) in [7, 11) is 0. The molecule has 0 spiro atoms. The van der Waals surface area contributed by atoms with Crippen LogP contribution < -0.4 is 10.2 Å². The van der Waals surface area contributed by atoms with Gasteiger partial charge in [0.25, 0.3) is 5.91 Å². The molecule has 0 bridgehead atoms. The van der Waals surface area contributed by atoms with E-state index in [-0.39, 0.29) is 5.91 Å². The van der Waals surface area contributed by atoms with Crippen LogP contribution in [-0.2, 0) is 6.42 Å². The standard InChI is InChI=1S/C16H19N3OS/c1-4-17-16-18-13(9-21-16)15(20)19-6-5-12-7-10(2)11(3)8-14(12)19/h7-9H,4-6H2,1-3H3,(H,17,18). The minimum atomic E-state index is -0.00240. The van der Waals surface area contributed by atoms with Crippen LogP contribution >= 0.6 is 11.3 Å². The molecule has 4 nitrogen and oxygen atoms in total. The monoisotopic (exact) mass is 301 g/mol. The molecule has 1 N–H and O–H groups in total. The number of carbonyl (C=O) groups excluding carboxylic acids is 1. The lowest BCUT2D eigenvalue weighted by Gasteiger charge is -2.17. The zero-order chi connectivity index (χ0) is 15.0. The number of fused-ring (bicyclic) bond motifs is 1. The van der Waals surface area contributed by atoms with Crippen LogP contribution in [-0.4, -0.2) is 24.0 Å². The fourth-order valence-corrected chi connectivity index (χ4v) is 3.37. The molecule has 5 heteroatoms. The highest BCUT2D eigenvalue weighted by Gasteiger charge is 2.27. The van der Waals surface area contributed by atoms with E-state index in [9.17, 15) is 4.79 Å². The van der Waals surface area contributed by atoms with Crippen molar-refractivity contribution in [2.75, 3.05) is 23.3 Å². The Hall–Kier alpha value is -1.88. The van der Waals surface area contributed by atoms with Gasteiger partial charge in [-0.15, -0.1) is 11.3 Å². The summed E-state index contributed by atoms with van der Waals surface area (Å²) in [6, 6.07) is 4.32.